The number of hydrogen-bond donors (Lipinski definition) is 3. The van der Waals surface area contributed by atoms with Crippen LogP contribution in [0.3, 0.4) is 0 Å². The summed E-state index contributed by atoms with van der Waals surface area (Å²) in [5.41, 5.74) is 2.19. The monoisotopic (exact) mass is 339 g/mol. The van der Waals surface area contributed by atoms with Crippen molar-refractivity contribution in [2.24, 2.45) is 0 Å². The quantitative estimate of drug-likeness (QED) is 0.419. The van der Waals surface area contributed by atoms with Crippen LogP contribution in [0.25, 0.3) is 11.0 Å². The Kier molecular flexibility index (Phi) is 2.98. The summed E-state index contributed by atoms with van der Waals surface area (Å²) in [6.07, 6.45) is 0.386. The number of hydrogen-bond acceptors (Lipinski definition) is 4. The fourth-order valence-corrected chi connectivity index (χ4v) is 3.20. The Hall–Kier alpha value is -1.93. The standard InChI is InChI=1S/C12H10BrN3O4/c13-6-1-5-2-7(4-9(17)15-20)16-10(5)8(3-6)14-11(18)12(16)19/h1,3,7,20H,2,4H2,(H,14,18)(H,15,17). The van der Waals surface area contributed by atoms with Crippen LogP contribution in [0.15, 0.2) is 26.2 Å². The van der Waals surface area contributed by atoms with Gasteiger partial charge in [-0.15, -0.1) is 0 Å². The fourth-order valence-electron chi connectivity index (χ4n) is 2.69. The summed E-state index contributed by atoms with van der Waals surface area (Å²) in [7, 11) is 0. The number of rotatable bonds is 2. The van der Waals surface area contributed by atoms with E-state index in [4.69, 9.17) is 5.21 Å². The molecule has 1 amide bonds. The smallest absolute Gasteiger partial charge is 0.316 e. The molecule has 0 spiro atoms. The van der Waals surface area contributed by atoms with Gasteiger partial charge >= 0.3 is 11.1 Å². The molecule has 0 bridgehead atoms. The molecule has 3 N–H and O–H groups in total. The molecule has 0 saturated heterocycles. The highest BCUT2D eigenvalue weighted by atomic mass is 79.9. The number of nitrogens with one attached hydrogen (secondary N) is 2. The predicted octanol–water partition coefficient (Wildman–Crippen LogP) is 0.445. The van der Waals surface area contributed by atoms with Gasteiger partial charge in [0.2, 0.25) is 5.91 Å². The summed E-state index contributed by atoms with van der Waals surface area (Å²) >= 11 is 3.35. The van der Waals surface area contributed by atoms with Gasteiger partial charge in [0, 0.05) is 10.9 Å². The van der Waals surface area contributed by atoms with Crippen LogP contribution >= 0.6 is 15.9 Å². The van der Waals surface area contributed by atoms with Crippen molar-refractivity contribution in [3.05, 3.63) is 42.9 Å². The molecular weight excluding hydrogens is 330 g/mol. The van der Waals surface area contributed by atoms with E-state index in [1.165, 1.54) is 4.57 Å². The Morgan fingerprint density at radius 2 is 2.25 bits per heavy atom. The molecule has 2 heterocycles. The Morgan fingerprint density at radius 1 is 1.50 bits per heavy atom. The summed E-state index contributed by atoms with van der Waals surface area (Å²) in [5.74, 6) is -0.595. The van der Waals surface area contributed by atoms with Crippen molar-refractivity contribution in [1.29, 1.82) is 0 Å². The third-order valence-corrected chi connectivity index (χ3v) is 3.88. The molecule has 0 aliphatic carbocycles. The van der Waals surface area contributed by atoms with Crippen molar-refractivity contribution in [3.63, 3.8) is 0 Å². The van der Waals surface area contributed by atoms with E-state index in [0.29, 0.717) is 17.5 Å². The van der Waals surface area contributed by atoms with Crippen LogP contribution < -0.4 is 16.6 Å². The minimum Gasteiger partial charge on any atom is -0.316 e. The number of carbonyl (C=O) groups is 1. The van der Waals surface area contributed by atoms with E-state index >= 15 is 0 Å². The van der Waals surface area contributed by atoms with Crippen LogP contribution in [0.5, 0.6) is 0 Å². The van der Waals surface area contributed by atoms with E-state index in [9.17, 15) is 14.4 Å². The molecule has 20 heavy (non-hydrogen) atoms. The van der Waals surface area contributed by atoms with Crippen LogP contribution in [-0.2, 0) is 11.2 Å². The van der Waals surface area contributed by atoms with Crippen LogP contribution in [0.2, 0.25) is 0 Å². The number of aromatic amines is 1. The van der Waals surface area contributed by atoms with Crippen LogP contribution in [0, 0.1) is 0 Å². The highest BCUT2D eigenvalue weighted by Crippen LogP contribution is 2.33. The largest absolute Gasteiger partial charge is 0.317 e. The second-order valence-electron chi connectivity index (χ2n) is 4.69. The van der Waals surface area contributed by atoms with Crippen molar-refractivity contribution < 1.29 is 10.0 Å². The molecule has 1 aromatic heterocycles. The van der Waals surface area contributed by atoms with E-state index in [-0.39, 0.29) is 6.42 Å². The molecule has 104 valence electrons. The second kappa shape index (κ2) is 4.57. The summed E-state index contributed by atoms with van der Waals surface area (Å²) in [4.78, 5) is 37.6. The number of nitrogens with zero attached hydrogens (tertiary/aromatic N) is 1. The zero-order valence-electron chi connectivity index (χ0n) is 10.1. The number of amides is 1. The van der Waals surface area contributed by atoms with E-state index in [2.05, 4.69) is 20.9 Å². The van der Waals surface area contributed by atoms with Gasteiger partial charge < -0.3 is 4.98 Å². The van der Waals surface area contributed by atoms with Crippen LogP contribution in [0.4, 0.5) is 0 Å². The van der Waals surface area contributed by atoms with Gasteiger partial charge in [0.15, 0.2) is 0 Å². The lowest BCUT2D eigenvalue weighted by molar-refractivity contribution is -0.129. The fraction of sp³-hybridized carbons (Fsp3) is 0.250. The number of carbonyl (C=O) groups excluding carboxylic acids is 1. The molecule has 0 saturated carbocycles. The molecular formula is C12H10BrN3O4. The lowest BCUT2D eigenvalue weighted by atomic mass is 10.1. The van der Waals surface area contributed by atoms with E-state index < -0.39 is 23.1 Å². The van der Waals surface area contributed by atoms with Crippen molar-refractivity contribution in [1.82, 2.24) is 15.0 Å². The SMILES string of the molecule is O=C(CC1Cc2cc(Br)cc3[nH]c(=O)c(=O)n1c23)NO. The molecule has 2 aromatic rings. The van der Waals surface area contributed by atoms with Gasteiger partial charge in [0.1, 0.15) is 0 Å². The second-order valence-corrected chi connectivity index (χ2v) is 5.60. The van der Waals surface area contributed by atoms with Crippen molar-refractivity contribution >= 4 is 32.9 Å². The van der Waals surface area contributed by atoms with Gasteiger partial charge in [0.25, 0.3) is 0 Å². The summed E-state index contributed by atoms with van der Waals surface area (Å²) in [6.45, 7) is 0. The van der Waals surface area contributed by atoms with Gasteiger partial charge in [-0.1, -0.05) is 15.9 Å². The molecule has 0 fully saturated rings. The summed E-state index contributed by atoms with van der Waals surface area (Å²) in [5, 5.41) is 8.61. The molecule has 1 aliphatic heterocycles. The Balaban J connectivity index is 2.27. The normalized spacial score (nSPS) is 16.6. The lowest BCUT2D eigenvalue weighted by Gasteiger charge is -2.12. The van der Waals surface area contributed by atoms with E-state index in [0.717, 1.165) is 10.0 Å². The summed E-state index contributed by atoms with van der Waals surface area (Å²) < 4.78 is 2.12. The van der Waals surface area contributed by atoms with Gasteiger partial charge in [-0.3, -0.25) is 24.2 Å². The first kappa shape index (κ1) is 13.1. The van der Waals surface area contributed by atoms with Gasteiger partial charge in [-0.05, 0) is 24.1 Å². The molecule has 3 rings (SSSR count). The number of aromatic nitrogens is 2. The average Bonchev–Trinajstić information content (AvgIpc) is 2.74. The lowest BCUT2D eigenvalue weighted by Crippen LogP contribution is -2.38. The molecule has 1 atom stereocenters. The van der Waals surface area contributed by atoms with Crippen molar-refractivity contribution in [2.75, 3.05) is 0 Å². The highest BCUT2D eigenvalue weighted by molar-refractivity contribution is 9.10. The van der Waals surface area contributed by atoms with Crippen molar-refractivity contribution in [2.45, 2.75) is 18.9 Å². The third kappa shape index (κ3) is 1.88. The first-order chi connectivity index (χ1) is 9.51. The molecule has 1 aromatic carbocycles. The maximum Gasteiger partial charge on any atom is 0.317 e. The third-order valence-electron chi connectivity index (χ3n) is 3.42. The Morgan fingerprint density at radius 3 is 2.95 bits per heavy atom. The number of hydroxylamine groups is 1. The van der Waals surface area contributed by atoms with E-state index in [1.807, 2.05) is 6.07 Å². The number of H-pyrrole nitrogens is 1. The van der Waals surface area contributed by atoms with Crippen molar-refractivity contribution in [3.8, 4) is 0 Å². The highest BCUT2D eigenvalue weighted by Gasteiger charge is 2.28. The van der Waals surface area contributed by atoms with Crippen LogP contribution in [0.1, 0.15) is 18.0 Å². The minimum absolute atomic E-state index is 0.0682. The van der Waals surface area contributed by atoms with Gasteiger partial charge in [-0.2, -0.15) is 0 Å². The van der Waals surface area contributed by atoms with Crippen LogP contribution in [-0.4, -0.2) is 20.7 Å². The first-order valence-corrected chi connectivity index (χ1v) is 6.70. The molecule has 7 nitrogen and oxygen atoms in total. The molecule has 0 radical (unpaired) electrons. The molecule has 1 unspecified atom stereocenters. The minimum atomic E-state index is -0.724. The Bertz CT molecular complexity index is 839. The number of halogens is 1. The first-order valence-electron chi connectivity index (χ1n) is 5.91. The topological polar surface area (TPSA) is 104 Å². The Labute approximate surface area is 120 Å². The molecule has 8 heteroatoms. The van der Waals surface area contributed by atoms with Gasteiger partial charge in [0.05, 0.1) is 17.1 Å². The predicted molar refractivity (Wildman–Crippen MR) is 73.8 cm³/mol. The zero-order valence-corrected chi connectivity index (χ0v) is 11.7. The maximum absolute atomic E-state index is 12.0. The number of benzene rings is 1. The van der Waals surface area contributed by atoms with Gasteiger partial charge in [-0.25, -0.2) is 5.48 Å². The zero-order chi connectivity index (χ0) is 14.4. The van der Waals surface area contributed by atoms with E-state index in [1.54, 1.807) is 11.5 Å². The molecule has 1 aliphatic rings. The summed E-state index contributed by atoms with van der Waals surface area (Å²) in [6, 6.07) is 3.10. The maximum atomic E-state index is 12.0. The average molecular weight is 340 g/mol.